The highest BCUT2D eigenvalue weighted by molar-refractivity contribution is 6.03. The maximum absolute atomic E-state index is 12.9. The highest BCUT2D eigenvalue weighted by Crippen LogP contribution is 2.33. The van der Waals surface area contributed by atoms with Crippen molar-refractivity contribution in [2.24, 2.45) is 5.92 Å². The van der Waals surface area contributed by atoms with Crippen LogP contribution in [0.4, 0.5) is 17.2 Å². The van der Waals surface area contributed by atoms with Gasteiger partial charge in [-0.15, -0.1) is 0 Å². The lowest BCUT2D eigenvalue weighted by molar-refractivity contribution is -0.120. The number of rotatable bonds is 6. The molecule has 1 aromatic heterocycles. The van der Waals surface area contributed by atoms with Gasteiger partial charge in [0.05, 0.1) is 17.3 Å². The number of hydrogen-bond donors (Lipinski definition) is 3. The number of amides is 2. The van der Waals surface area contributed by atoms with Crippen molar-refractivity contribution in [3.63, 3.8) is 0 Å². The summed E-state index contributed by atoms with van der Waals surface area (Å²) in [4.78, 5) is 31.5. The van der Waals surface area contributed by atoms with Crippen LogP contribution < -0.4 is 16.4 Å². The Labute approximate surface area is 193 Å². The molecule has 7 nitrogen and oxygen atoms in total. The molecule has 2 amide bonds. The zero-order valence-corrected chi connectivity index (χ0v) is 18.4. The Morgan fingerprint density at radius 2 is 1.76 bits per heavy atom. The van der Waals surface area contributed by atoms with Crippen LogP contribution in [0.1, 0.15) is 17.0 Å². The van der Waals surface area contributed by atoms with E-state index in [0.29, 0.717) is 23.7 Å². The lowest BCUT2D eigenvalue weighted by Crippen LogP contribution is -2.28. The molecule has 1 saturated heterocycles. The summed E-state index contributed by atoms with van der Waals surface area (Å²) in [6.45, 7) is 1.49. The van der Waals surface area contributed by atoms with Crippen LogP contribution in [0.15, 0.2) is 79.0 Å². The molecule has 2 heterocycles. The van der Waals surface area contributed by atoms with Gasteiger partial charge in [0, 0.05) is 31.3 Å². The molecule has 0 bridgehead atoms. The summed E-state index contributed by atoms with van der Waals surface area (Å²) in [5.41, 5.74) is 8.97. The predicted molar refractivity (Wildman–Crippen MR) is 132 cm³/mol. The molecule has 33 heavy (non-hydrogen) atoms. The molecule has 2 aromatic carbocycles. The number of pyridine rings is 1. The van der Waals surface area contributed by atoms with Gasteiger partial charge in [-0.05, 0) is 48.5 Å². The molecule has 2 unspecified atom stereocenters. The van der Waals surface area contributed by atoms with Crippen LogP contribution in [0.2, 0.25) is 0 Å². The van der Waals surface area contributed by atoms with E-state index in [1.54, 1.807) is 30.5 Å². The number of likely N-dealkylation sites (N-methyl/N-ethyl adjacent to an activating group) is 1. The minimum Gasteiger partial charge on any atom is -0.397 e. The summed E-state index contributed by atoms with van der Waals surface area (Å²) in [5, 5.41) is 5.70. The minimum absolute atomic E-state index is 0.0242. The standard InChI is InChI=1S/C26H27N5O2/c1-31-16-20(21(17-31)26(33)30-24-8-4-5-15-28-24)19-12-9-18(10-13-19)11-14-25(32)29-23-7-3-2-6-22(23)27/h2-15,20-21H,16-17,27H2,1H3,(H,29,32)(H,28,30,33)/b14-11+. The number of aromatic nitrogens is 1. The Balaban J connectivity index is 1.41. The van der Waals surface area contributed by atoms with E-state index >= 15 is 0 Å². The molecule has 1 fully saturated rings. The van der Waals surface area contributed by atoms with Crippen LogP contribution in [-0.2, 0) is 9.59 Å². The summed E-state index contributed by atoms with van der Waals surface area (Å²) >= 11 is 0. The monoisotopic (exact) mass is 441 g/mol. The predicted octanol–water partition coefficient (Wildman–Crippen LogP) is 3.60. The second-order valence-corrected chi connectivity index (χ2v) is 8.21. The van der Waals surface area contributed by atoms with Gasteiger partial charge in [0.1, 0.15) is 5.82 Å². The molecule has 168 valence electrons. The van der Waals surface area contributed by atoms with Gasteiger partial charge in [0.15, 0.2) is 0 Å². The maximum Gasteiger partial charge on any atom is 0.248 e. The van der Waals surface area contributed by atoms with E-state index in [2.05, 4.69) is 20.5 Å². The van der Waals surface area contributed by atoms with Crippen molar-refractivity contribution >= 4 is 35.1 Å². The van der Waals surface area contributed by atoms with Gasteiger partial charge in [-0.2, -0.15) is 0 Å². The first-order valence-corrected chi connectivity index (χ1v) is 10.8. The molecule has 1 aliphatic heterocycles. The number of benzene rings is 2. The number of nitrogen functional groups attached to an aromatic ring is 1. The van der Waals surface area contributed by atoms with Crippen molar-refractivity contribution in [2.45, 2.75) is 5.92 Å². The molecular formula is C26H27N5O2. The van der Waals surface area contributed by atoms with Crippen molar-refractivity contribution in [2.75, 3.05) is 36.5 Å². The molecular weight excluding hydrogens is 414 g/mol. The maximum atomic E-state index is 12.9. The number of anilines is 3. The summed E-state index contributed by atoms with van der Waals surface area (Å²) in [6, 6.07) is 20.6. The quantitative estimate of drug-likeness (QED) is 0.401. The van der Waals surface area contributed by atoms with E-state index in [0.717, 1.165) is 17.7 Å². The first-order valence-electron chi connectivity index (χ1n) is 10.8. The number of hydrogen-bond acceptors (Lipinski definition) is 5. The van der Waals surface area contributed by atoms with Gasteiger partial charge in [-0.25, -0.2) is 4.98 Å². The molecule has 0 spiro atoms. The Hall–Kier alpha value is -3.97. The summed E-state index contributed by atoms with van der Waals surface area (Å²) < 4.78 is 0. The van der Waals surface area contributed by atoms with Gasteiger partial charge in [0.2, 0.25) is 11.8 Å². The third kappa shape index (κ3) is 5.64. The van der Waals surface area contributed by atoms with Crippen LogP contribution >= 0.6 is 0 Å². The number of nitrogens with zero attached hydrogens (tertiary/aromatic N) is 2. The molecule has 3 aromatic rings. The smallest absolute Gasteiger partial charge is 0.248 e. The fourth-order valence-electron chi connectivity index (χ4n) is 4.07. The van der Waals surface area contributed by atoms with Gasteiger partial charge in [-0.3, -0.25) is 9.59 Å². The van der Waals surface area contributed by atoms with Crippen molar-refractivity contribution in [3.05, 3.63) is 90.1 Å². The molecule has 0 radical (unpaired) electrons. The Kier molecular flexibility index (Phi) is 6.80. The lowest BCUT2D eigenvalue weighted by atomic mass is 9.88. The minimum atomic E-state index is -0.249. The number of carbonyl (C=O) groups is 2. The SMILES string of the molecule is CN1CC(C(=O)Nc2ccccn2)C(c2ccc(/C=C/C(=O)Nc3ccccc3N)cc2)C1. The van der Waals surface area contributed by atoms with Gasteiger partial charge in [0.25, 0.3) is 0 Å². The molecule has 7 heteroatoms. The lowest BCUT2D eigenvalue weighted by Gasteiger charge is -2.18. The summed E-state index contributed by atoms with van der Waals surface area (Å²) in [6.07, 6.45) is 4.90. The normalized spacial score (nSPS) is 18.3. The third-order valence-corrected chi connectivity index (χ3v) is 5.77. The van der Waals surface area contributed by atoms with E-state index in [-0.39, 0.29) is 23.7 Å². The number of likely N-dealkylation sites (tertiary alicyclic amines) is 1. The van der Waals surface area contributed by atoms with E-state index < -0.39 is 0 Å². The average Bonchev–Trinajstić information content (AvgIpc) is 3.22. The first kappa shape index (κ1) is 22.2. The Bertz CT molecular complexity index is 1140. The van der Waals surface area contributed by atoms with Gasteiger partial charge < -0.3 is 21.3 Å². The summed E-state index contributed by atoms with van der Waals surface area (Å²) in [7, 11) is 2.02. The highest BCUT2D eigenvalue weighted by atomic mass is 16.2. The van der Waals surface area contributed by atoms with E-state index in [9.17, 15) is 9.59 Å². The zero-order valence-electron chi connectivity index (χ0n) is 18.4. The zero-order chi connectivity index (χ0) is 23.2. The van der Waals surface area contributed by atoms with Crippen LogP contribution in [0.25, 0.3) is 6.08 Å². The molecule has 0 saturated carbocycles. The van der Waals surface area contributed by atoms with Gasteiger partial charge in [-0.1, -0.05) is 42.5 Å². The molecule has 4 rings (SSSR count). The second-order valence-electron chi connectivity index (χ2n) is 8.21. The Morgan fingerprint density at radius 3 is 2.48 bits per heavy atom. The van der Waals surface area contributed by atoms with Crippen molar-refractivity contribution < 1.29 is 9.59 Å². The van der Waals surface area contributed by atoms with Crippen LogP contribution in [0, 0.1) is 5.92 Å². The van der Waals surface area contributed by atoms with Crippen molar-refractivity contribution in [1.82, 2.24) is 9.88 Å². The van der Waals surface area contributed by atoms with E-state index in [4.69, 9.17) is 5.73 Å². The van der Waals surface area contributed by atoms with Crippen molar-refractivity contribution in [1.29, 1.82) is 0 Å². The molecule has 4 N–H and O–H groups in total. The number of carbonyl (C=O) groups excluding carboxylic acids is 2. The highest BCUT2D eigenvalue weighted by Gasteiger charge is 2.37. The largest absolute Gasteiger partial charge is 0.397 e. The first-order chi connectivity index (χ1) is 16.0. The van der Waals surface area contributed by atoms with Gasteiger partial charge >= 0.3 is 0 Å². The average molecular weight is 442 g/mol. The molecule has 2 atom stereocenters. The number of nitrogens with one attached hydrogen (secondary N) is 2. The van der Waals surface area contributed by atoms with E-state index in [1.807, 2.05) is 55.6 Å². The number of para-hydroxylation sites is 2. The second kappa shape index (κ2) is 10.1. The summed E-state index contributed by atoms with van der Waals surface area (Å²) in [5.74, 6) is 0.206. The topological polar surface area (TPSA) is 100 Å². The molecule has 1 aliphatic rings. The van der Waals surface area contributed by atoms with Crippen LogP contribution in [0.5, 0.6) is 0 Å². The van der Waals surface area contributed by atoms with E-state index in [1.165, 1.54) is 6.08 Å². The third-order valence-electron chi connectivity index (χ3n) is 5.77. The Morgan fingerprint density at radius 1 is 1.00 bits per heavy atom. The number of nitrogens with two attached hydrogens (primary N) is 1. The van der Waals surface area contributed by atoms with Crippen molar-refractivity contribution in [3.8, 4) is 0 Å². The fourth-order valence-corrected chi connectivity index (χ4v) is 4.07. The van der Waals surface area contributed by atoms with Crippen LogP contribution in [0.3, 0.4) is 0 Å². The molecule has 0 aliphatic carbocycles. The van der Waals surface area contributed by atoms with Crippen LogP contribution in [-0.4, -0.2) is 41.8 Å². The fraction of sp³-hybridized carbons (Fsp3) is 0.192.